The standard InChI is InChI=1S/C13H26NO2/c1-4-5-6-7-8-9-13(16)11-14(3)10-12(2)15/h10,13,16H,4-9,11H2,1-3H3/q+1/b14-10+. The van der Waals surface area contributed by atoms with Gasteiger partial charge in [-0.15, -0.1) is 0 Å². The Morgan fingerprint density at radius 2 is 1.94 bits per heavy atom. The fraction of sp³-hybridized carbons (Fsp3) is 0.846. The summed E-state index contributed by atoms with van der Waals surface area (Å²) in [6.07, 6.45) is 8.12. The highest BCUT2D eigenvalue weighted by Crippen LogP contribution is 2.07. The zero-order chi connectivity index (χ0) is 12.4. The molecule has 0 heterocycles. The van der Waals surface area contributed by atoms with E-state index in [0.29, 0.717) is 6.54 Å². The van der Waals surface area contributed by atoms with Crippen LogP contribution in [0.1, 0.15) is 52.4 Å². The van der Waals surface area contributed by atoms with E-state index in [-0.39, 0.29) is 11.9 Å². The van der Waals surface area contributed by atoms with Crippen molar-refractivity contribution in [2.75, 3.05) is 13.6 Å². The number of rotatable bonds is 9. The van der Waals surface area contributed by atoms with Crippen molar-refractivity contribution < 1.29 is 14.5 Å². The van der Waals surface area contributed by atoms with Crippen molar-refractivity contribution in [1.82, 2.24) is 0 Å². The number of carbonyl (C=O) groups is 1. The van der Waals surface area contributed by atoms with Crippen LogP contribution >= 0.6 is 0 Å². The lowest BCUT2D eigenvalue weighted by molar-refractivity contribution is -0.501. The van der Waals surface area contributed by atoms with Crippen molar-refractivity contribution in [1.29, 1.82) is 0 Å². The molecule has 3 nitrogen and oxygen atoms in total. The summed E-state index contributed by atoms with van der Waals surface area (Å²) < 4.78 is 1.76. The molecule has 0 rings (SSSR count). The van der Waals surface area contributed by atoms with Crippen molar-refractivity contribution in [2.24, 2.45) is 0 Å². The van der Waals surface area contributed by atoms with Crippen LogP contribution in [0.2, 0.25) is 0 Å². The van der Waals surface area contributed by atoms with Gasteiger partial charge in [-0.1, -0.05) is 39.0 Å². The fourth-order valence-corrected chi connectivity index (χ4v) is 1.77. The van der Waals surface area contributed by atoms with Crippen molar-refractivity contribution in [3.63, 3.8) is 0 Å². The first-order valence-electron chi connectivity index (χ1n) is 6.30. The van der Waals surface area contributed by atoms with Crippen LogP contribution in [-0.4, -0.2) is 41.4 Å². The van der Waals surface area contributed by atoms with Gasteiger partial charge in [-0.3, -0.25) is 4.79 Å². The van der Waals surface area contributed by atoms with Crippen LogP contribution in [0.3, 0.4) is 0 Å². The summed E-state index contributed by atoms with van der Waals surface area (Å²) in [7, 11) is 1.82. The third kappa shape index (κ3) is 9.84. The lowest BCUT2D eigenvalue weighted by atomic mass is 10.1. The number of carbonyl (C=O) groups excluding carboxylic acids is 1. The van der Waals surface area contributed by atoms with Gasteiger partial charge in [0.2, 0.25) is 12.0 Å². The Bertz CT molecular complexity index is 224. The van der Waals surface area contributed by atoms with Gasteiger partial charge in [-0.2, -0.15) is 0 Å². The first-order valence-corrected chi connectivity index (χ1v) is 6.30. The number of Topliss-reactive ketones (excluding diaryl/α,β-unsaturated/α-hetero) is 1. The van der Waals surface area contributed by atoms with Crippen molar-refractivity contribution in [2.45, 2.75) is 58.5 Å². The molecule has 0 fully saturated rings. The zero-order valence-corrected chi connectivity index (χ0v) is 10.9. The van der Waals surface area contributed by atoms with Gasteiger partial charge in [0.1, 0.15) is 13.2 Å². The van der Waals surface area contributed by atoms with E-state index in [0.717, 1.165) is 12.8 Å². The molecule has 0 saturated carbocycles. The average Bonchev–Trinajstić information content (AvgIpc) is 2.15. The molecule has 0 spiro atoms. The molecule has 1 N–H and O–H groups in total. The van der Waals surface area contributed by atoms with Gasteiger partial charge in [0, 0.05) is 6.92 Å². The molecule has 0 amide bonds. The Kier molecular flexibility index (Phi) is 9.10. The van der Waals surface area contributed by atoms with E-state index >= 15 is 0 Å². The summed E-state index contributed by atoms with van der Waals surface area (Å²) in [5.74, 6) is 0.0256. The van der Waals surface area contributed by atoms with Gasteiger partial charge in [0.25, 0.3) is 0 Å². The molecule has 0 aliphatic heterocycles. The number of hydrogen-bond donors (Lipinski definition) is 1. The second-order valence-electron chi connectivity index (χ2n) is 4.54. The molecule has 16 heavy (non-hydrogen) atoms. The predicted molar refractivity (Wildman–Crippen MR) is 67.2 cm³/mol. The molecule has 0 aliphatic carbocycles. The highest BCUT2D eigenvalue weighted by atomic mass is 16.3. The number of aliphatic hydroxyl groups is 1. The molecule has 0 bridgehead atoms. The number of ketones is 1. The largest absolute Gasteiger partial charge is 0.387 e. The van der Waals surface area contributed by atoms with Crippen LogP contribution in [0.5, 0.6) is 0 Å². The van der Waals surface area contributed by atoms with Gasteiger partial charge >= 0.3 is 0 Å². The van der Waals surface area contributed by atoms with Gasteiger partial charge in [0.05, 0.1) is 0 Å². The second-order valence-corrected chi connectivity index (χ2v) is 4.54. The van der Waals surface area contributed by atoms with E-state index < -0.39 is 0 Å². The monoisotopic (exact) mass is 228 g/mol. The Morgan fingerprint density at radius 1 is 1.31 bits per heavy atom. The molecular weight excluding hydrogens is 202 g/mol. The third-order valence-corrected chi connectivity index (χ3v) is 2.54. The fourth-order valence-electron chi connectivity index (χ4n) is 1.77. The Hall–Kier alpha value is -0.700. The maximum atomic E-state index is 10.8. The van der Waals surface area contributed by atoms with E-state index in [1.165, 1.54) is 38.8 Å². The summed E-state index contributed by atoms with van der Waals surface area (Å²) in [5.41, 5.74) is 0. The minimum absolute atomic E-state index is 0.0256. The van der Waals surface area contributed by atoms with E-state index in [9.17, 15) is 9.90 Å². The van der Waals surface area contributed by atoms with Crippen LogP contribution < -0.4 is 0 Å². The lowest BCUT2D eigenvalue weighted by Crippen LogP contribution is -2.24. The first kappa shape index (κ1) is 15.3. The van der Waals surface area contributed by atoms with Crippen LogP contribution in [-0.2, 0) is 4.79 Å². The smallest absolute Gasteiger partial charge is 0.215 e. The highest BCUT2D eigenvalue weighted by molar-refractivity contribution is 6.24. The summed E-state index contributed by atoms with van der Waals surface area (Å²) in [6.45, 7) is 4.27. The van der Waals surface area contributed by atoms with Crippen LogP contribution in [0.25, 0.3) is 0 Å². The predicted octanol–water partition coefficient (Wildman–Crippen LogP) is 2.01. The summed E-state index contributed by atoms with van der Waals surface area (Å²) in [6, 6.07) is 0. The molecule has 0 radical (unpaired) electrons. The van der Waals surface area contributed by atoms with E-state index in [2.05, 4.69) is 6.92 Å². The topological polar surface area (TPSA) is 40.3 Å². The number of hydrogen-bond acceptors (Lipinski definition) is 2. The average molecular weight is 228 g/mol. The molecule has 0 aliphatic rings. The zero-order valence-electron chi connectivity index (χ0n) is 10.9. The van der Waals surface area contributed by atoms with Gasteiger partial charge in [-0.05, 0) is 6.42 Å². The van der Waals surface area contributed by atoms with E-state index in [1.54, 1.807) is 4.58 Å². The normalized spacial score (nSPS) is 13.9. The lowest BCUT2D eigenvalue weighted by Gasteiger charge is -2.07. The molecule has 0 aromatic carbocycles. The van der Waals surface area contributed by atoms with Crippen molar-refractivity contribution in [3.05, 3.63) is 0 Å². The summed E-state index contributed by atoms with van der Waals surface area (Å²) in [5, 5.41) is 9.72. The maximum Gasteiger partial charge on any atom is 0.215 e. The van der Waals surface area contributed by atoms with Crippen LogP contribution in [0, 0.1) is 0 Å². The van der Waals surface area contributed by atoms with Gasteiger partial charge in [-0.25, -0.2) is 4.58 Å². The van der Waals surface area contributed by atoms with Gasteiger partial charge < -0.3 is 5.11 Å². The second kappa shape index (κ2) is 9.52. The molecular formula is C13H26NO2+. The molecule has 0 saturated heterocycles. The Morgan fingerprint density at radius 3 is 2.50 bits per heavy atom. The Balaban J connectivity index is 3.58. The number of likely N-dealkylation sites (N-methyl/N-ethyl adjacent to an activating group) is 1. The molecule has 3 heteroatoms. The van der Waals surface area contributed by atoms with Gasteiger partial charge in [0.15, 0.2) is 6.54 Å². The van der Waals surface area contributed by atoms with E-state index in [4.69, 9.17) is 0 Å². The highest BCUT2D eigenvalue weighted by Gasteiger charge is 2.09. The Labute approximate surface area is 99.2 Å². The van der Waals surface area contributed by atoms with Crippen molar-refractivity contribution >= 4 is 12.0 Å². The number of nitrogens with zero attached hydrogens (tertiary/aromatic N) is 1. The number of aliphatic hydroxyl groups excluding tert-OH is 1. The van der Waals surface area contributed by atoms with E-state index in [1.807, 2.05) is 7.05 Å². The quantitative estimate of drug-likeness (QED) is 0.372. The summed E-state index contributed by atoms with van der Waals surface area (Å²) in [4.78, 5) is 10.8. The molecule has 1 unspecified atom stereocenters. The third-order valence-electron chi connectivity index (χ3n) is 2.54. The maximum absolute atomic E-state index is 10.8. The minimum Gasteiger partial charge on any atom is -0.387 e. The molecule has 0 aromatic heterocycles. The summed E-state index contributed by atoms with van der Waals surface area (Å²) >= 11 is 0. The SMILES string of the molecule is CCCCCCCC(O)C/[N+](C)=C/C(C)=O. The molecule has 94 valence electrons. The molecule has 0 aromatic rings. The minimum atomic E-state index is -0.317. The number of unbranched alkanes of at least 4 members (excludes halogenated alkanes) is 4. The van der Waals surface area contributed by atoms with Crippen molar-refractivity contribution in [3.8, 4) is 0 Å². The first-order chi connectivity index (χ1) is 7.56. The van der Waals surface area contributed by atoms with Crippen LogP contribution in [0.4, 0.5) is 0 Å². The van der Waals surface area contributed by atoms with Crippen LogP contribution in [0.15, 0.2) is 0 Å². The molecule has 1 atom stereocenters.